The molecule has 0 amide bonds. The van der Waals surface area contributed by atoms with Crippen molar-refractivity contribution in [1.82, 2.24) is 18.7 Å². The van der Waals surface area contributed by atoms with Crippen molar-refractivity contribution in [1.29, 1.82) is 0 Å². The molecule has 1 aliphatic heterocycles. The standard InChI is InChI=1S/C25H26N4O4S/c1-28-16-20(15-27-28)23-17-29(34(30,31)21-5-3-2-4-6-21)24-22(23)13-19(14-26-24)18-7-9-25(10-8-18)32-11-12-33-25/h2-6,13-18H,7-12H2,1H3. The Morgan fingerprint density at radius 1 is 1.03 bits per heavy atom. The Morgan fingerprint density at radius 2 is 1.76 bits per heavy atom. The summed E-state index contributed by atoms with van der Waals surface area (Å²) in [6, 6.07) is 10.5. The predicted octanol–water partition coefficient (Wildman–Crippen LogP) is 4.07. The van der Waals surface area contributed by atoms with Gasteiger partial charge in [-0.25, -0.2) is 17.4 Å². The fraction of sp³-hybridized carbons (Fsp3) is 0.360. The van der Waals surface area contributed by atoms with E-state index in [1.807, 2.05) is 19.4 Å². The zero-order valence-corrected chi connectivity index (χ0v) is 19.7. The van der Waals surface area contributed by atoms with E-state index in [1.165, 1.54) is 3.97 Å². The summed E-state index contributed by atoms with van der Waals surface area (Å²) in [5.74, 6) is -0.0896. The minimum atomic E-state index is -3.80. The number of pyridine rings is 1. The van der Waals surface area contributed by atoms with Crippen molar-refractivity contribution in [2.75, 3.05) is 13.2 Å². The molecule has 2 fully saturated rings. The lowest BCUT2D eigenvalue weighted by Crippen LogP contribution is -2.34. The molecule has 0 N–H and O–H groups in total. The number of nitrogens with zero attached hydrogens (tertiary/aromatic N) is 4. The number of aromatic nitrogens is 4. The van der Waals surface area contributed by atoms with E-state index in [9.17, 15) is 8.42 Å². The van der Waals surface area contributed by atoms with E-state index in [2.05, 4.69) is 16.1 Å². The number of rotatable bonds is 4. The van der Waals surface area contributed by atoms with E-state index in [1.54, 1.807) is 47.4 Å². The van der Waals surface area contributed by atoms with Crippen LogP contribution in [0.3, 0.4) is 0 Å². The van der Waals surface area contributed by atoms with Gasteiger partial charge in [0.05, 0.1) is 24.3 Å². The van der Waals surface area contributed by atoms with Crippen molar-refractivity contribution in [2.24, 2.45) is 7.05 Å². The minimum Gasteiger partial charge on any atom is -0.348 e. The second kappa shape index (κ2) is 8.04. The molecular formula is C25H26N4O4S. The topological polar surface area (TPSA) is 88.2 Å². The SMILES string of the molecule is Cn1cc(-c2cn(S(=O)(=O)c3ccccc3)c3ncc(C4CCC5(CC4)OCCO5)cc23)cn1. The first-order chi connectivity index (χ1) is 16.5. The van der Waals surface area contributed by atoms with Crippen LogP contribution in [-0.2, 0) is 26.5 Å². The second-order valence-electron chi connectivity index (χ2n) is 9.08. The maximum Gasteiger partial charge on any atom is 0.269 e. The van der Waals surface area contributed by atoms with Gasteiger partial charge < -0.3 is 9.47 Å². The monoisotopic (exact) mass is 478 g/mol. The van der Waals surface area contributed by atoms with Gasteiger partial charge in [0, 0.05) is 55.0 Å². The second-order valence-corrected chi connectivity index (χ2v) is 10.9. The van der Waals surface area contributed by atoms with Crippen LogP contribution in [0.5, 0.6) is 0 Å². The van der Waals surface area contributed by atoms with Crippen molar-refractivity contribution in [2.45, 2.75) is 42.3 Å². The summed E-state index contributed by atoms with van der Waals surface area (Å²) in [5.41, 5.74) is 3.18. The van der Waals surface area contributed by atoms with Gasteiger partial charge in [-0.1, -0.05) is 18.2 Å². The lowest BCUT2D eigenvalue weighted by Gasteiger charge is -2.35. The molecule has 1 aliphatic carbocycles. The molecule has 9 heteroatoms. The molecule has 8 nitrogen and oxygen atoms in total. The first kappa shape index (κ1) is 21.5. The highest BCUT2D eigenvalue weighted by Gasteiger charge is 2.40. The van der Waals surface area contributed by atoms with E-state index < -0.39 is 15.8 Å². The van der Waals surface area contributed by atoms with Crippen LogP contribution >= 0.6 is 0 Å². The molecule has 34 heavy (non-hydrogen) atoms. The number of benzene rings is 1. The molecule has 6 rings (SSSR count). The molecule has 0 bridgehead atoms. The van der Waals surface area contributed by atoms with Crippen molar-refractivity contribution >= 4 is 21.1 Å². The zero-order chi connectivity index (χ0) is 23.3. The van der Waals surface area contributed by atoms with Gasteiger partial charge in [-0.3, -0.25) is 4.68 Å². The highest BCUT2D eigenvalue weighted by Crippen LogP contribution is 2.43. The van der Waals surface area contributed by atoms with E-state index in [0.29, 0.717) is 24.8 Å². The predicted molar refractivity (Wildman–Crippen MR) is 127 cm³/mol. The highest BCUT2D eigenvalue weighted by atomic mass is 32.2. The molecule has 3 aromatic heterocycles. The Bertz CT molecular complexity index is 1440. The summed E-state index contributed by atoms with van der Waals surface area (Å²) in [4.78, 5) is 4.91. The summed E-state index contributed by atoms with van der Waals surface area (Å²) in [6.45, 7) is 1.33. The first-order valence-electron chi connectivity index (χ1n) is 11.5. The third-order valence-corrected chi connectivity index (χ3v) is 8.65. The number of hydrogen-bond donors (Lipinski definition) is 0. The lowest BCUT2D eigenvalue weighted by molar-refractivity contribution is -0.178. The van der Waals surface area contributed by atoms with Crippen LogP contribution in [0.15, 0.2) is 66.1 Å². The van der Waals surface area contributed by atoms with Crippen LogP contribution in [0, 0.1) is 0 Å². The van der Waals surface area contributed by atoms with Gasteiger partial charge in [-0.15, -0.1) is 0 Å². The van der Waals surface area contributed by atoms with Gasteiger partial charge in [0.25, 0.3) is 10.0 Å². The molecule has 4 aromatic rings. The van der Waals surface area contributed by atoms with Crippen molar-refractivity contribution in [3.63, 3.8) is 0 Å². The van der Waals surface area contributed by atoms with Gasteiger partial charge in [0.2, 0.25) is 0 Å². The Labute approximate surface area is 198 Å². The van der Waals surface area contributed by atoms with Crippen LogP contribution < -0.4 is 0 Å². The Morgan fingerprint density at radius 3 is 2.44 bits per heavy atom. The smallest absolute Gasteiger partial charge is 0.269 e. The van der Waals surface area contributed by atoms with Crippen LogP contribution in [0.4, 0.5) is 0 Å². The van der Waals surface area contributed by atoms with Gasteiger partial charge >= 0.3 is 0 Å². The maximum absolute atomic E-state index is 13.5. The van der Waals surface area contributed by atoms with E-state index in [-0.39, 0.29) is 4.90 Å². The lowest BCUT2D eigenvalue weighted by atomic mass is 9.81. The van der Waals surface area contributed by atoms with Gasteiger partial charge in [-0.2, -0.15) is 5.10 Å². The molecule has 176 valence electrons. The van der Waals surface area contributed by atoms with Gasteiger partial charge in [0.1, 0.15) is 0 Å². The molecule has 0 atom stereocenters. The number of fused-ring (bicyclic) bond motifs is 1. The van der Waals surface area contributed by atoms with E-state index in [0.717, 1.165) is 47.8 Å². The molecule has 0 unspecified atom stereocenters. The molecule has 0 radical (unpaired) electrons. The molecule has 1 aromatic carbocycles. The van der Waals surface area contributed by atoms with Crippen molar-refractivity contribution in [3.8, 4) is 11.1 Å². The van der Waals surface area contributed by atoms with Gasteiger partial charge in [0.15, 0.2) is 11.4 Å². The molecule has 2 aliphatic rings. The third kappa shape index (κ3) is 3.55. The largest absolute Gasteiger partial charge is 0.348 e. The average molecular weight is 479 g/mol. The summed E-state index contributed by atoms with van der Waals surface area (Å²) in [6.07, 6.45) is 10.7. The number of ether oxygens (including phenoxy) is 2. The Hall–Kier alpha value is -3.01. The fourth-order valence-electron chi connectivity index (χ4n) is 5.17. The average Bonchev–Trinajstić information content (AvgIpc) is 3.59. The molecular weight excluding hydrogens is 452 g/mol. The van der Waals surface area contributed by atoms with Gasteiger partial charge in [-0.05, 0) is 42.5 Å². The van der Waals surface area contributed by atoms with Crippen LogP contribution in [0.2, 0.25) is 0 Å². The van der Waals surface area contributed by atoms with Crippen molar-refractivity contribution < 1.29 is 17.9 Å². The normalized spacial score (nSPS) is 18.7. The number of hydrogen-bond acceptors (Lipinski definition) is 6. The van der Waals surface area contributed by atoms with Crippen LogP contribution in [0.1, 0.15) is 37.2 Å². The van der Waals surface area contributed by atoms with Crippen LogP contribution in [0.25, 0.3) is 22.2 Å². The first-order valence-corrected chi connectivity index (χ1v) is 13.0. The quantitative estimate of drug-likeness (QED) is 0.439. The minimum absolute atomic E-state index is 0.227. The maximum atomic E-state index is 13.5. The van der Waals surface area contributed by atoms with E-state index >= 15 is 0 Å². The van der Waals surface area contributed by atoms with Crippen molar-refractivity contribution in [3.05, 3.63) is 66.7 Å². The zero-order valence-electron chi connectivity index (χ0n) is 18.9. The molecule has 1 saturated carbocycles. The Balaban J connectivity index is 1.44. The number of aryl methyl sites for hydroxylation is 1. The summed E-state index contributed by atoms with van der Waals surface area (Å²) < 4.78 is 41.8. The van der Waals surface area contributed by atoms with Crippen LogP contribution in [-0.4, -0.2) is 46.2 Å². The Kier molecular flexibility index (Phi) is 5.09. The summed E-state index contributed by atoms with van der Waals surface area (Å²) >= 11 is 0. The van der Waals surface area contributed by atoms with E-state index in [4.69, 9.17) is 9.47 Å². The fourth-order valence-corrected chi connectivity index (χ4v) is 6.52. The summed E-state index contributed by atoms with van der Waals surface area (Å²) in [7, 11) is -1.96. The summed E-state index contributed by atoms with van der Waals surface area (Å²) in [5, 5.41) is 5.10. The molecule has 1 spiro atoms. The molecule has 4 heterocycles. The molecule has 1 saturated heterocycles. The highest BCUT2D eigenvalue weighted by molar-refractivity contribution is 7.90. The third-order valence-electron chi connectivity index (χ3n) is 6.98.